The fraction of sp³-hybridized carbons (Fsp3) is 0.455. The maximum atomic E-state index is 10.3. The number of rotatable bonds is 9. The topological polar surface area (TPSA) is 47.6 Å². The second-order valence-electron chi connectivity index (χ2n) is 7.22. The first-order valence-corrected chi connectivity index (χ1v) is 9.87. The number of ether oxygens (including phenoxy) is 2. The quantitative estimate of drug-likeness (QED) is 0.338. The minimum atomic E-state index is -0.399. The molecule has 0 radical (unpaired) electrons. The van der Waals surface area contributed by atoms with Crippen LogP contribution in [0.1, 0.15) is 5.56 Å². The summed E-state index contributed by atoms with van der Waals surface area (Å²) in [4.78, 5) is 2.91. The highest BCUT2D eigenvalue weighted by molar-refractivity contribution is 5.45. The van der Waals surface area contributed by atoms with E-state index in [1.54, 1.807) is 7.11 Å². The van der Waals surface area contributed by atoms with Gasteiger partial charge < -0.3 is 44.3 Å². The van der Waals surface area contributed by atoms with Crippen molar-refractivity contribution >= 4 is 5.69 Å². The molecule has 0 amide bonds. The average molecular weight is 443 g/mol. The largest absolute Gasteiger partial charge is 1.00 e. The molecule has 3 rings (SSSR count). The van der Waals surface area contributed by atoms with Crippen molar-refractivity contribution in [1.82, 2.24) is 0 Å². The fourth-order valence-electron chi connectivity index (χ4n) is 3.76. The summed E-state index contributed by atoms with van der Waals surface area (Å²) in [6, 6.07) is 18.6. The Labute approximate surface area is 186 Å². The van der Waals surface area contributed by atoms with E-state index < -0.39 is 6.10 Å². The number of aliphatic hydroxyl groups is 1. The van der Waals surface area contributed by atoms with Gasteiger partial charge in [0.05, 0.1) is 20.3 Å². The molecule has 29 heavy (non-hydrogen) atoms. The third kappa shape index (κ3) is 8.13. The lowest BCUT2D eigenvalue weighted by molar-refractivity contribution is -0.988. The van der Waals surface area contributed by atoms with E-state index in [1.807, 2.05) is 30.3 Å². The summed E-state index contributed by atoms with van der Waals surface area (Å²) in [5.74, 6) is 0.961. The highest BCUT2D eigenvalue weighted by Gasteiger charge is 2.27. The number of benzene rings is 2. The first-order chi connectivity index (χ1) is 13.3. The Morgan fingerprint density at radius 2 is 1.59 bits per heavy atom. The summed E-state index contributed by atoms with van der Waals surface area (Å²) in [6.07, 6.45) is 0.491. The predicted octanol–water partition coefficient (Wildman–Crippen LogP) is -6.26. The molecule has 7 heteroatoms. The van der Waals surface area contributed by atoms with E-state index in [9.17, 15) is 5.11 Å². The van der Waals surface area contributed by atoms with Crippen LogP contribution in [0.15, 0.2) is 54.6 Å². The Morgan fingerprint density at radius 1 is 0.931 bits per heavy atom. The molecule has 5 nitrogen and oxygen atoms in total. The summed E-state index contributed by atoms with van der Waals surface area (Å²) in [5, 5.41) is 10.3. The molecule has 1 aliphatic heterocycles. The van der Waals surface area contributed by atoms with Gasteiger partial charge in [0.1, 0.15) is 38.8 Å². The summed E-state index contributed by atoms with van der Waals surface area (Å²) in [7, 11) is 1.73. The second kappa shape index (κ2) is 13.8. The van der Waals surface area contributed by atoms with Gasteiger partial charge in [-0.2, -0.15) is 0 Å². The first kappa shape index (κ1) is 25.7. The zero-order chi connectivity index (χ0) is 18.9. The molecule has 0 bridgehead atoms. The number of hydrogen-bond acceptors (Lipinski definition) is 3. The Morgan fingerprint density at radius 3 is 2.28 bits per heavy atom. The van der Waals surface area contributed by atoms with Gasteiger partial charge in [0.15, 0.2) is 11.4 Å². The third-order valence-electron chi connectivity index (χ3n) is 5.26. The predicted molar refractivity (Wildman–Crippen MR) is 106 cm³/mol. The maximum absolute atomic E-state index is 10.3. The van der Waals surface area contributed by atoms with Crippen molar-refractivity contribution in [3.8, 4) is 5.75 Å². The van der Waals surface area contributed by atoms with Crippen LogP contribution in [-0.2, 0) is 11.2 Å². The smallest absolute Gasteiger partial charge is 0.179 e. The molecular weight excluding hydrogens is 411 g/mol. The average Bonchev–Trinajstić information content (AvgIpc) is 2.72. The molecule has 1 saturated heterocycles. The SMILES string of the molecule is COc1ccccc1[NH+]1CC[NH+](CC(O)COCCc2ccccc2)CC1.[Cl-].[Cl-]. The Hall–Kier alpha value is -1.34. The molecule has 1 aliphatic rings. The van der Waals surface area contributed by atoms with E-state index in [2.05, 4.69) is 24.3 Å². The molecule has 162 valence electrons. The summed E-state index contributed by atoms with van der Waals surface area (Å²) < 4.78 is 11.2. The zero-order valence-electron chi connectivity index (χ0n) is 16.9. The van der Waals surface area contributed by atoms with Crippen molar-refractivity contribution in [2.24, 2.45) is 0 Å². The number of piperazine rings is 1. The number of quaternary nitrogens is 2. The van der Waals surface area contributed by atoms with Crippen LogP contribution in [0.2, 0.25) is 0 Å². The monoisotopic (exact) mass is 442 g/mol. The molecule has 2 aromatic carbocycles. The van der Waals surface area contributed by atoms with Gasteiger partial charge in [-0.15, -0.1) is 0 Å². The lowest BCUT2D eigenvalue weighted by Gasteiger charge is -2.31. The molecule has 0 spiro atoms. The van der Waals surface area contributed by atoms with Crippen LogP contribution in [0.25, 0.3) is 0 Å². The van der Waals surface area contributed by atoms with Crippen molar-refractivity contribution in [2.45, 2.75) is 12.5 Å². The lowest BCUT2D eigenvalue weighted by atomic mass is 10.2. The minimum absolute atomic E-state index is 0. The van der Waals surface area contributed by atoms with E-state index >= 15 is 0 Å². The van der Waals surface area contributed by atoms with Gasteiger partial charge in [-0.05, 0) is 18.1 Å². The van der Waals surface area contributed by atoms with Gasteiger partial charge in [0.2, 0.25) is 0 Å². The summed E-state index contributed by atoms with van der Waals surface area (Å²) in [6.45, 7) is 6.03. The molecule has 0 aliphatic carbocycles. The number of methoxy groups -OCH3 is 1. The Kier molecular flexibility index (Phi) is 12.2. The number of para-hydroxylation sites is 2. The van der Waals surface area contributed by atoms with E-state index in [-0.39, 0.29) is 24.8 Å². The Balaban J connectivity index is 0.00000210. The van der Waals surface area contributed by atoms with Gasteiger partial charge >= 0.3 is 0 Å². The summed E-state index contributed by atoms with van der Waals surface area (Å²) >= 11 is 0. The molecule has 0 saturated carbocycles. The van der Waals surface area contributed by atoms with Crippen LogP contribution >= 0.6 is 0 Å². The van der Waals surface area contributed by atoms with E-state index in [0.29, 0.717) is 13.2 Å². The normalized spacial score (nSPS) is 19.5. The maximum Gasteiger partial charge on any atom is 0.179 e. The van der Waals surface area contributed by atoms with Gasteiger partial charge in [0.25, 0.3) is 0 Å². The fourth-order valence-corrected chi connectivity index (χ4v) is 3.76. The van der Waals surface area contributed by atoms with Gasteiger partial charge in [-0.1, -0.05) is 42.5 Å². The molecule has 1 heterocycles. The second-order valence-corrected chi connectivity index (χ2v) is 7.22. The standard InChI is InChI=1S/C22H30N2O3.2ClH/c1-26-22-10-6-5-9-21(22)24-14-12-23(13-15-24)17-20(25)18-27-16-11-19-7-3-2-4-8-19;;/h2-10,20,25H,11-18H2,1H3;2*1H. The molecule has 1 atom stereocenters. The van der Waals surface area contributed by atoms with Crippen molar-refractivity contribution < 1.29 is 49.2 Å². The highest BCUT2D eigenvalue weighted by Crippen LogP contribution is 2.18. The lowest BCUT2D eigenvalue weighted by Crippen LogP contribution is -3.26. The van der Waals surface area contributed by atoms with Gasteiger partial charge in [-0.3, -0.25) is 4.90 Å². The van der Waals surface area contributed by atoms with Crippen LogP contribution < -0.4 is 39.4 Å². The molecule has 1 unspecified atom stereocenters. The molecule has 2 aromatic rings. The van der Waals surface area contributed by atoms with Crippen LogP contribution in [-0.4, -0.2) is 64.3 Å². The van der Waals surface area contributed by atoms with Crippen LogP contribution in [0, 0.1) is 0 Å². The molecular formula is C22H32Cl2N2O3. The van der Waals surface area contributed by atoms with E-state index in [4.69, 9.17) is 9.47 Å². The zero-order valence-corrected chi connectivity index (χ0v) is 18.5. The van der Waals surface area contributed by atoms with Crippen molar-refractivity contribution in [1.29, 1.82) is 0 Å². The molecule has 3 N–H and O–H groups in total. The van der Waals surface area contributed by atoms with Gasteiger partial charge in [0, 0.05) is 6.07 Å². The summed E-state index contributed by atoms with van der Waals surface area (Å²) in [5.41, 5.74) is 2.51. The number of halogens is 2. The third-order valence-corrected chi connectivity index (χ3v) is 5.26. The van der Waals surface area contributed by atoms with E-state index in [1.165, 1.54) is 21.1 Å². The first-order valence-electron chi connectivity index (χ1n) is 9.87. The Bertz CT molecular complexity index is 683. The van der Waals surface area contributed by atoms with Gasteiger partial charge in [-0.25, -0.2) is 0 Å². The minimum Gasteiger partial charge on any atom is -1.00 e. The van der Waals surface area contributed by atoms with Crippen LogP contribution in [0.4, 0.5) is 5.69 Å². The number of aliphatic hydroxyl groups excluding tert-OH is 1. The number of hydrogen-bond donors (Lipinski definition) is 3. The highest BCUT2D eigenvalue weighted by atomic mass is 35.5. The molecule has 1 fully saturated rings. The van der Waals surface area contributed by atoms with Crippen molar-refractivity contribution in [3.63, 3.8) is 0 Å². The van der Waals surface area contributed by atoms with E-state index in [0.717, 1.165) is 44.9 Å². The molecule has 0 aromatic heterocycles. The van der Waals surface area contributed by atoms with Crippen molar-refractivity contribution in [2.75, 3.05) is 53.0 Å². The van der Waals surface area contributed by atoms with Crippen LogP contribution in [0.3, 0.4) is 0 Å². The van der Waals surface area contributed by atoms with Crippen LogP contribution in [0.5, 0.6) is 5.75 Å². The van der Waals surface area contributed by atoms with Crippen molar-refractivity contribution in [3.05, 3.63) is 60.2 Å². The number of nitrogens with one attached hydrogen (secondary N) is 2.